The summed E-state index contributed by atoms with van der Waals surface area (Å²) >= 11 is 0. The van der Waals surface area contributed by atoms with E-state index >= 15 is 0 Å². The molecular weight excluding hydrogens is 294 g/mol. The SMILES string of the molecule is CCOC(=O)CC(NCCCOC(C)C)C(=O)c1ccccc1. The fraction of sp³-hybridized carbons (Fsp3) is 0.556. The Kier molecular flexibility index (Phi) is 9.17. The normalized spacial score (nSPS) is 12.2. The summed E-state index contributed by atoms with van der Waals surface area (Å²) in [6, 6.07) is 8.41. The van der Waals surface area contributed by atoms with E-state index < -0.39 is 6.04 Å². The number of Topliss-reactive ketones (excluding diaryl/α,β-unsaturated/α-hetero) is 1. The van der Waals surface area contributed by atoms with Gasteiger partial charge >= 0.3 is 5.97 Å². The molecular formula is C18H27NO4. The van der Waals surface area contributed by atoms with Gasteiger partial charge in [-0.1, -0.05) is 30.3 Å². The maximum atomic E-state index is 12.6. The summed E-state index contributed by atoms with van der Waals surface area (Å²) in [4.78, 5) is 24.3. The molecule has 0 spiro atoms. The summed E-state index contributed by atoms with van der Waals surface area (Å²) in [6.07, 6.45) is 1.00. The Bertz CT molecular complexity index is 473. The molecule has 1 N–H and O–H groups in total. The molecule has 1 rings (SSSR count). The maximum absolute atomic E-state index is 12.6. The molecule has 0 saturated heterocycles. The molecule has 128 valence electrons. The average molecular weight is 321 g/mol. The molecule has 0 radical (unpaired) electrons. The summed E-state index contributed by atoms with van der Waals surface area (Å²) in [5, 5.41) is 3.15. The lowest BCUT2D eigenvalue weighted by atomic mass is 10.0. The second-order valence-corrected chi connectivity index (χ2v) is 5.52. The van der Waals surface area contributed by atoms with Crippen molar-refractivity contribution in [2.45, 2.75) is 45.8 Å². The zero-order chi connectivity index (χ0) is 17.1. The zero-order valence-electron chi connectivity index (χ0n) is 14.2. The number of benzene rings is 1. The van der Waals surface area contributed by atoms with Crippen molar-refractivity contribution in [1.29, 1.82) is 0 Å². The van der Waals surface area contributed by atoms with E-state index in [-0.39, 0.29) is 24.3 Å². The van der Waals surface area contributed by atoms with E-state index in [1.165, 1.54) is 0 Å². The van der Waals surface area contributed by atoms with E-state index in [9.17, 15) is 9.59 Å². The first-order valence-electron chi connectivity index (χ1n) is 8.14. The van der Waals surface area contributed by atoms with Crippen LogP contribution in [0.3, 0.4) is 0 Å². The van der Waals surface area contributed by atoms with Gasteiger partial charge in [-0.25, -0.2) is 0 Å². The summed E-state index contributed by atoms with van der Waals surface area (Å²) in [5.41, 5.74) is 0.590. The van der Waals surface area contributed by atoms with Crippen molar-refractivity contribution in [3.05, 3.63) is 35.9 Å². The van der Waals surface area contributed by atoms with Crippen LogP contribution in [0.15, 0.2) is 30.3 Å². The number of carbonyl (C=O) groups is 2. The first-order valence-corrected chi connectivity index (χ1v) is 8.14. The molecule has 5 heteroatoms. The number of rotatable bonds is 11. The van der Waals surface area contributed by atoms with Crippen LogP contribution >= 0.6 is 0 Å². The lowest BCUT2D eigenvalue weighted by Gasteiger charge is -2.17. The largest absolute Gasteiger partial charge is 0.466 e. The molecule has 23 heavy (non-hydrogen) atoms. The molecule has 1 atom stereocenters. The van der Waals surface area contributed by atoms with Crippen molar-refractivity contribution in [1.82, 2.24) is 5.32 Å². The van der Waals surface area contributed by atoms with Crippen molar-refractivity contribution in [2.24, 2.45) is 0 Å². The number of nitrogens with one attached hydrogen (secondary N) is 1. The predicted molar refractivity (Wildman–Crippen MR) is 89.5 cm³/mol. The molecule has 1 aromatic rings. The fourth-order valence-electron chi connectivity index (χ4n) is 2.12. The van der Waals surface area contributed by atoms with E-state index in [1.54, 1.807) is 19.1 Å². The Morgan fingerprint density at radius 3 is 2.48 bits per heavy atom. The van der Waals surface area contributed by atoms with Crippen LogP contribution in [0, 0.1) is 0 Å². The summed E-state index contributed by atoms with van der Waals surface area (Å²) in [5.74, 6) is -0.462. The number of hydrogen-bond donors (Lipinski definition) is 1. The van der Waals surface area contributed by atoms with Crippen LogP contribution in [0.2, 0.25) is 0 Å². The zero-order valence-corrected chi connectivity index (χ0v) is 14.2. The Balaban J connectivity index is 2.58. The minimum atomic E-state index is -0.574. The number of esters is 1. The Labute approximate surface area is 138 Å². The molecule has 0 aromatic heterocycles. The number of hydrogen-bond acceptors (Lipinski definition) is 5. The smallest absolute Gasteiger partial charge is 0.307 e. The molecule has 0 fully saturated rings. The van der Waals surface area contributed by atoms with Crippen molar-refractivity contribution in [3.8, 4) is 0 Å². The minimum Gasteiger partial charge on any atom is -0.466 e. The lowest BCUT2D eigenvalue weighted by Crippen LogP contribution is -2.40. The highest BCUT2D eigenvalue weighted by atomic mass is 16.5. The highest BCUT2D eigenvalue weighted by molar-refractivity contribution is 6.01. The van der Waals surface area contributed by atoms with Gasteiger partial charge in [0.1, 0.15) is 0 Å². The molecule has 1 unspecified atom stereocenters. The van der Waals surface area contributed by atoms with Gasteiger partial charge in [-0.2, -0.15) is 0 Å². The minimum absolute atomic E-state index is 0.0343. The molecule has 5 nitrogen and oxygen atoms in total. The van der Waals surface area contributed by atoms with Gasteiger partial charge in [0.25, 0.3) is 0 Å². The predicted octanol–water partition coefficient (Wildman–Crippen LogP) is 2.60. The summed E-state index contributed by atoms with van der Waals surface area (Å²) < 4.78 is 10.4. The quantitative estimate of drug-likeness (QED) is 0.385. The van der Waals surface area contributed by atoms with Gasteiger partial charge in [0.2, 0.25) is 0 Å². The lowest BCUT2D eigenvalue weighted by molar-refractivity contribution is -0.143. The van der Waals surface area contributed by atoms with Crippen LogP contribution < -0.4 is 5.32 Å². The molecule has 0 heterocycles. The van der Waals surface area contributed by atoms with Gasteiger partial charge in [-0.05, 0) is 33.7 Å². The van der Waals surface area contributed by atoms with E-state index in [1.807, 2.05) is 32.0 Å². The third-order valence-corrected chi connectivity index (χ3v) is 3.21. The summed E-state index contributed by atoms with van der Waals surface area (Å²) in [7, 11) is 0. The van der Waals surface area contributed by atoms with Gasteiger partial charge in [0, 0.05) is 12.2 Å². The third kappa shape index (κ3) is 7.90. The van der Waals surface area contributed by atoms with Crippen LogP contribution in [-0.2, 0) is 14.3 Å². The molecule has 0 aliphatic carbocycles. The molecule has 0 amide bonds. The highest BCUT2D eigenvalue weighted by Crippen LogP contribution is 2.07. The Morgan fingerprint density at radius 2 is 1.87 bits per heavy atom. The third-order valence-electron chi connectivity index (χ3n) is 3.21. The van der Waals surface area contributed by atoms with E-state index in [0.29, 0.717) is 25.3 Å². The highest BCUT2D eigenvalue weighted by Gasteiger charge is 2.23. The van der Waals surface area contributed by atoms with Gasteiger partial charge in [-0.3, -0.25) is 9.59 Å². The van der Waals surface area contributed by atoms with Crippen LogP contribution in [0.4, 0.5) is 0 Å². The second kappa shape index (κ2) is 10.9. The Hall–Kier alpha value is -1.72. The maximum Gasteiger partial charge on any atom is 0.307 e. The van der Waals surface area contributed by atoms with Crippen molar-refractivity contribution < 1.29 is 19.1 Å². The van der Waals surface area contributed by atoms with Gasteiger partial charge in [-0.15, -0.1) is 0 Å². The van der Waals surface area contributed by atoms with E-state index in [4.69, 9.17) is 9.47 Å². The fourth-order valence-corrected chi connectivity index (χ4v) is 2.12. The number of ether oxygens (including phenoxy) is 2. The van der Waals surface area contributed by atoms with Crippen LogP contribution in [-0.4, -0.2) is 43.7 Å². The topological polar surface area (TPSA) is 64.6 Å². The molecule has 0 saturated carbocycles. The molecule has 0 bridgehead atoms. The van der Waals surface area contributed by atoms with Crippen molar-refractivity contribution in [3.63, 3.8) is 0 Å². The first-order chi connectivity index (χ1) is 11.0. The summed E-state index contributed by atoms with van der Waals surface area (Å²) in [6.45, 7) is 7.26. The van der Waals surface area contributed by atoms with Crippen molar-refractivity contribution in [2.75, 3.05) is 19.8 Å². The van der Waals surface area contributed by atoms with Crippen LogP contribution in [0.25, 0.3) is 0 Å². The average Bonchev–Trinajstić information content (AvgIpc) is 2.53. The number of carbonyl (C=O) groups excluding carboxylic acids is 2. The van der Waals surface area contributed by atoms with Gasteiger partial charge in [0.05, 0.1) is 25.2 Å². The van der Waals surface area contributed by atoms with Gasteiger partial charge < -0.3 is 14.8 Å². The van der Waals surface area contributed by atoms with Crippen LogP contribution in [0.1, 0.15) is 44.0 Å². The van der Waals surface area contributed by atoms with E-state index in [0.717, 1.165) is 6.42 Å². The molecule has 0 aliphatic rings. The van der Waals surface area contributed by atoms with Crippen LogP contribution in [0.5, 0.6) is 0 Å². The second-order valence-electron chi connectivity index (χ2n) is 5.52. The van der Waals surface area contributed by atoms with Crippen molar-refractivity contribution >= 4 is 11.8 Å². The van der Waals surface area contributed by atoms with Gasteiger partial charge in [0.15, 0.2) is 5.78 Å². The Morgan fingerprint density at radius 1 is 1.17 bits per heavy atom. The monoisotopic (exact) mass is 321 g/mol. The molecule has 1 aromatic carbocycles. The standard InChI is InChI=1S/C18H27NO4/c1-4-22-17(20)13-16(19-11-8-12-23-14(2)3)18(21)15-9-6-5-7-10-15/h5-7,9-10,14,16,19H,4,8,11-13H2,1-3H3. The first kappa shape index (κ1) is 19.3. The number of ketones is 1. The molecule has 0 aliphatic heterocycles. The van der Waals surface area contributed by atoms with E-state index in [2.05, 4.69) is 5.32 Å².